The van der Waals surface area contributed by atoms with E-state index in [1.807, 2.05) is 35.4 Å². The molecule has 220 valence electrons. The summed E-state index contributed by atoms with van der Waals surface area (Å²) in [4.78, 5) is 26.1. The van der Waals surface area contributed by atoms with Crippen LogP contribution in [-0.4, -0.2) is 100 Å². The minimum absolute atomic E-state index is 0.161. The molecule has 8 nitrogen and oxygen atoms in total. The van der Waals surface area contributed by atoms with Crippen molar-refractivity contribution in [3.05, 3.63) is 0 Å². The average Bonchev–Trinajstić information content (AvgIpc) is 3.46. The predicted molar refractivity (Wildman–Crippen MR) is 154 cm³/mol. The van der Waals surface area contributed by atoms with Crippen molar-refractivity contribution in [2.75, 3.05) is 77.5 Å². The number of esters is 2. The summed E-state index contributed by atoms with van der Waals surface area (Å²) < 4.78 is 26.7. The van der Waals surface area contributed by atoms with Crippen LogP contribution in [0.1, 0.15) is 73.6 Å². The molecule has 37 heavy (non-hydrogen) atoms. The van der Waals surface area contributed by atoms with Crippen molar-refractivity contribution in [1.82, 2.24) is 4.90 Å². The van der Waals surface area contributed by atoms with Gasteiger partial charge in [0.2, 0.25) is 0 Å². The Labute approximate surface area is 234 Å². The number of carbonyl (C=O) groups excluding carboxylic acids is 2. The number of hydrogen-bond donors (Lipinski definition) is 0. The zero-order valence-electron chi connectivity index (χ0n) is 24.2. The van der Waals surface area contributed by atoms with Gasteiger partial charge in [0.1, 0.15) is 13.2 Å². The molecule has 1 heterocycles. The molecule has 0 saturated carbocycles. The zero-order chi connectivity index (χ0) is 27.8. The number of carbonyl (C=O) groups is 2. The number of nitrogens with zero attached hydrogens (tertiary/aromatic N) is 1. The second-order valence-corrected chi connectivity index (χ2v) is 11.4. The molecule has 0 N–H and O–H groups in total. The SMILES string of the molecule is CC.CCN(CCC(=O)OCCOCCOCCOCCOC(=O)CCC(C)(CC)CC)C1CSSC1. The second-order valence-electron chi connectivity index (χ2n) is 8.90. The fourth-order valence-corrected chi connectivity index (χ4v) is 6.30. The molecule has 0 aromatic rings. The molecular formula is C27H53NO7S2. The van der Waals surface area contributed by atoms with Crippen LogP contribution in [0.25, 0.3) is 0 Å². The molecule has 10 heteroatoms. The maximum Gasteiger partial charge on any atom is 0.307 e. The highest BCUT2D eigenvalue weighted by molar-refractivity contribution is 8.77. The smallest absolute Gasteiger partial charge is 0.307 e. The van der Waals surface area contributed by atoms with Gasteiger partial charge in [0.15, 0.2) is 0 Å². The van der Waals surface area contributed by atoms with Crippen molar-refractivity contribution in [3.8, 4) is 0 Å². The van der Waals surface area contributed by atoms with Crippen molar-refractivity contribution in [3.63, 3.8) is 0 Å². The average molecular weight is 568 g/mol. The molecule has 0 spiro atoms. The minimum atomic E-state index is -0.176. The molecule has 1 aliphatic rings. The van der Waals surface area contributed by atoms with Crippen LogP contribution in [0.2, 0.25) is 0 Å². The highest BCUT2D eigenvalue weighted by atomic mass is 33.1. The Morgan fingerprint density at radius 3 is 1.62 bits per heavy atom. The van der Waals surface area contributed by atoms with Gasteiger partial charge in [0, 0.05) is 30.5 Å². The molecule has 0 amide bonds. The zero-order valence-corrected chi connectivity index (χ0v) is 25.9. The monoisotopic (exact) mass is 567 g/mol. The highest BCUT2D eigenvalue weighted by Crippen LogP contribution is 2.33. The molecule has 0 bridgehead atoms. The van der Waals surface area contributed by atoms with Crippen LogP contribution in [0.4, 0.5) is 0 Å². The molecule has 0 radical (unpaired) electrons. The third kappa shape index (κ3) is 19.2. The molecule has 1 rings (SSSR count). The van der Waals surface area contributed by atoms with E-state index in [-0.39, 0.29) is 30.6 Å². The molecule has 1 fully saturated rings. The quantitative estimate of drug-likeness (QED) is 0.0985. The van der Waals surface area contributed by atoms with Crippen LogP contribution in [0, 0.1) is 5.41 Å². The van der Waals surface area contributed by atoms with Crippen LogP contribution in [-0.2, 0) is 33.3 Å². The Hall–Kier alpha value is -0.520. The highest BCUT2D eigenvalue weighted by Gasteiger charge is 2.23. The molecule has 0 aromatic carbocycles. The molecule has 0 aliphatic carbocycles. The van der Waals surface area contributed by atoms with Gasteiger partial charge >= 0.3 is 11.9 Å². The van der Waals surface area contributed by atoms with E-state index in [9.17, 15) is 9.59 Å². The Balaban J connectivity index is 0.00000631. The topological polar surface area (TPSA) is 83.5 Å². The van der Waals surface area contributed by atoms with Gasteiger partial charge in [-0.25, -0.2) is 0 Å². The van der Waals surface area contributed by atoms with Gasteiger partial charge < -0.3 is 23.7 Å². The van der Waals surface area contributed by atoms with Gasteiger partial charge in [-0.15, -0.1) is 0 Å². The summed E-state index contributed by atoms with van der Waals surface area (Å²) in [5.41, 5.74) is 0.213. The van der Waals surface area contributed by atoms with Crippen LogP contribution in [0.15, 0.2) is 0 Å². The Morgan fingerprint density at radius 1 is 0.757 bits per heavy atom. The molecule has 0 atom stereocenters. The van der Waals surface area contributed by atoms with E-state index in [1.54, 1.807) is 0 Å². The lowest BCUT2D eigenvalue weighted by atomic mass is 9.80. The lowest BCUT2D eigenvalue weighted by molar-refractivity contribution is -0.146. The lowest BCUT2D eigenvalue weighted by Gasteiger charge is -2.25. The maximum absolute atomic E-state index is 11.9. The van der Waals surface area contributed by atoms with Gasteiger partial charge in [-0.2, -0.15) is 0 Å². The van der Waals surface area contributed by atoms with Crippen molar-refractivity contribution in [1.29, 1.82) is 0 Å². The summed E-state index contributed by atoms with van der Waals surface area (Å²) in [6, 6.07) is 0.562. The lowest BCUT2D eigenvalue weighted by Crippen LogP contribution is -2.38. The van der Waals surface area contributed by atoms with E-state index >= 15 is 0 Å². The first kappa shape index (κ1) is 36.5. The van der Waals surface area contributed by atoms with Crippen LogP contribution in [0.3, 0.4) is 0 Å². The molecular weight excluding hydrogens is 514 g/mol. The van der Waals surface area contributed by atoms with Crippen LogP contribution in [0.5, 0.6) is 0 Å². The normalized spacial score (nSPS) is 13.9. The Kier molecular flexibility index (Phi) is 24.2. The summed E-state index contributed by atoms with van der Waals surface area (Å²) in [5, 5.41) is 0. The largest absolute Gasteiger partial charge is 0.463 e. The first-order valence-corrected chi connectivity index (χ1v) is 16.5. The van der Waals surface area contributed by atoms with Crippen LogP contribution >= 0.6 is 21.6 Å². The van der Waals surface area contributed by atoms with E-state index in [0.29, 0.717) is 58.5 Å². The number of ether oxygens (including phenoxy) is 5. The summed E-state index contributed by atoms with van der Waals surface area (Å²) in [6.45, 7) is 17.4. The van der Waals surface area contributed by atoms with Gasteiger partial charge in [0.25, 0.3) is 0 Å². The summed E-state index contributed by atoms with van der Waals surface area (Å²) in [7, 11) is 3.81. The van der Waals surface area contributed by atoms with E-state index in [2.05, 4.69) is 32.6 Å². The van der Waals surface area contributed by atoms with E-state index < -0.39 is 0 Å². The van der Waals surface area contributed by atoms with E-state index in [0.717, 1.165) is 43.9 Å². The Morgan fingerprint density at radius 2 is 1.19 bits per heavy atom. The third-order valence-corrected chi connectivity index (χ3v) is 9.02. The fourth-order valence-electron chi connectivity index (χ4n) is 3.47. The fraction of sp³-hybridized carbons (Fsp3) is 0.926. The van der Waals surface area contributed by atoms with Gasteiger partial charge in [-0.3, -0.25) is 14.5 Å². The standard InChI is InChI=1S/C25H47NO7S2.C2H6/c1-5-25(4,6-2)10-8-23(27)32-18-16-30-14-12-29-13-15-31-17-19-33-24(28)9-11-26(7-3)22-20-34-35-21-22;1-2/h22H,5-21H2,1-4H3;1-2H3. The first-order valence-electron chi connectivity index (χ1n) is 14.0. The molecule has 0 aromatic heterocycles. The van der Waals surface area contributed by atoms with Crippen LogP contribution < -0.4 is 0 Å². The van der Waals surface area contributed by atoms with Gasteiger partial charge in [-0.1, -0.05) is 76.0 Å². The maximum atomic E-state index is 11.9. The second kappa shape index (κ2) is 24.5. The van der Waals surface area contributed by atoms with Gasteiger partial charge in [0.05, 0.1) is 46.1 Å². The van der Waals surface area contributed by atoms with Crippen molar-refractivity contribution >= 4 is 33.5 Å². The van der Waals surface area contributed by atoms with Gasteiger partial charge in [-0.05, 0) is 18.4 Å². The molecule has 1 saturated heterocycles. The molecule has 1 aliphatic heterocycles. The Bertz CT molecular complexity index is 559. The number of hydrogen-bond acceptors (Lipinski definition) is 10. The van der Waals surface area contributed by atoms with E-state index in [1.165, 1.54) is 0 Å². The summed E-state index contributed by atoms with van der Waals surface area (Å²) in [6.07, 6.45) is 3.86. The number of rotatable bonds is 22. The van der Waals surface area contributed by atoms with Crippen molar-refractivity contribution in [2.24, 2.45) is 5.41 Å². The predicted octanol–water partition coefficient (Wildman–Crippen LogP) is 5.23. The van der Waals surface area contributed by atoms with Crippen molar-refractivity contribution < 1.29 is 33.3 Å². The third-order valence-electron chi connectivity index (χ3n) is 6.50. The van der Waals surface area contributed by atoms with E-state index in [4.69, 9.17) is 23.7 Å². The summed E-state index contributed by atoms with van der Waals surface area (Å²) in [5.74, 6) is 1.92. The van der Waals surface area contributed by atoms with Crippen molar-refractivity contribution in [2.45, 2.75) is 79.7 Å². The minimum Gasteiger partial charge on any atom is -0.463 e. The summed E-state index contributed by atoms with van der Waals surface area (Å²) >= 11 is 0. The molecule has 0 unspecified atom stereocenters. The first-order chi connectivity index (χ1) is 17.9.